The molecule has 1 heterocycles. The van der Waals surface area contributed by atoms with Crippen molar-refractivity contribution in [2.75, 3.05) is 52.9 Å². The molecular weight excluding hydrogens is 376 g/mol. The molecule has 0 aliphatic carbocycles. The molecule has 1 saturated heterocycles. The second-order valence-electron chi connectivity index (χ2n) is 7.72. The van der Waals surface area contributed by atoms with Crippen molar-refractivity contribution in [2.45, 2.75) is 38.5 Å². The molecule has 0 unspecified atom stereocenters. The van der Waals surface area contributed by atoms with Crippen LogP contribution in [0, 0.1) is 20.8 Å². The van der Waals surface area contributed by atoms with Crippen molar-refractivity contribution in [1.29, 1.82) is 0 Å². The molecule has 1 aromatic rings. The van der Waals surface area contributed by atoms with Gasteiger partial charge in [0.05, 0.1) is 4.90 Å². The summed E-state index contributed by atoms with van der Waals surface area (Å²) in [5.74, 6) is -0.126. The Kier molecular flexibility index (Phi) is 8.42. The van der Waals surface area contributed by atoms with E-state index in [0.29, 0.717) is 11.4 Å². The Hall–Kier alpha value is -1.48. The van der Waals surface area contributed by atoms with E-state index in [0.717, 1.165) is 55.8 Å². The van der Waals surface area contributed by atoms with Crippen molar-refractivity contribution < 1.29 is 13.2 Å². The number of nitrogens with one attached hydrogen (secondary N) is 2. The van der Waals surface area contributed by atoms with E-state index in [1.165, 1.54) is 0 Å². The van der Waals surface area contributed by atoms with Gasteiger partial charge in [-0.25, -0.2) is 13.1 Å². The van der Waals surface area contributed by atoms with Gasteiger partial charge in [-0.3, -0.25) is 4.79 Å². The molecule has 0 atom stereocenters. The van der Waals surface area contributed by atoms with E-state index in [-0.39, 0.29) is 18.9 Å². The molecule has 0 bridgehead atoms. The lowest BCUT2D eigenvalue weighted by Crippen LogP contribution is -2.45. The molecule has 1 aliphatic rings. The lowest BCUT2D eigenvalue weighted by molar-refractivity contribution is -0.120. The molecule has 1 fully saturated rings. The molecule has 0 saturated carbocycles. The summed E-state index contributed by atoms with van der Waals surface area (Å²) in [5.41, 5.74) is 2.47. The monoisotopic (exact) mass is 410 g/mol. The number of aryl methyl sites for hydroxylation is 3. The van der Waals surface area contributed by atoms with Gasteiger partial charge in [0.25, 0.3) is 0 Å². The van der Waals surface area contributed by atoms with Gasteiger partial charge in [0.15, 0.2) is 0 Å². The average Bonchev–Trinajstić information content (AvgIpc) is 2.59. The minimum Gasteiger partial charge on any atom is -0.356 e. The number of carbonyl (C=O) groups is 1. The van der Waals surface area contributed by atoms with E-state index in [2.05, 4.69) is 26.9 Å². The Balaban J connectivity index is 1.69. The largest absolute Gasteiger partial charge is 0.356 e. The Morgan fingerprint density at radius 1 is 1.04 bits per heavy atom. The first kappa shape index (κ1) is 22.8. The van der Waals surface area contributed by atoms with E-state index in [1.54, 1.807) is 13.8 Å². The highest BCUT2D eigenvalue weighted by atomic mass is 32.2. The third kappa shape index (κ3) is 6.84. The molecule has 7 nitrogen and oxygen atoms in total. The molecular formula is C20H34N4O3S. The standard InChI is InChI=1S/C20H34N4O3S/c1-16-14-17(2)20(18(3)15-16)28(26,27)22-8-6-19(25)21-7-5-9-24-12-10-23(4)11-13-24/h14-15,22H,5-13H2,1-4H3,(H,21,25). The summed E-state index contributed by atoms with van der Waals surface area (Å²) in [6, 6.07) is 3.71. The lowest BCUT2D eigenvalue weighted by Gasteiger charge is -2.32. The van der Waals surface area contributed by atoms with Crippen LogP contribution < -0.4 is 10.0 Å². The van der Waals surface area contributed by atoms with Gasteiger partial charge in [-0.15, -0.1) is 0 Å². The van der Waals surface area contributed by atoms with Crippen LogP contribution in [0.25, 0.3) is 0 Å². The van der Waals surface area contributed by atoms with Crippen LogP contribution in [0.5, 0.6) is 0 Å². The van der Waals surface area contributed by atoms with Gasteiger partial charge in [-0.05, 0) is 51.9 Å². The molecule has 2 N–H and O–H groups in total. The number of nitrogens with zero attached hydrogens (tertiary/aromatic N) is 2. The van der Waals surface area contributed by atoms with Gasteiger partial charge < -0.3 is 15.1 Å². The number of amides is 1. The molecule has 0 aromatic heterocycles. The van der Waals surface area contributed by atoms with Crippen LogP contribution in [0.2, 0.25) is 0 Å². The number of sulfonamides is 1. The molecule has 0 spiro atoms. The fourth-order valence-electron chi connectivity index (χ4n) is 3.65. The SMILES string of the molecule is Cc1cc(C)c(S(=O)(=O)NCCC(=O)NCCCN2CCN(C)CC2)c(C)c1. The minimum atomic E-state index is -3.62. The predicted octanol–water partition coefficient (Wildman–Crippen LogP) is 1.03. The molecule has 158 valence electrons. The maximum absolute atomic E-state index is 12.6. The normalized spacial score (nSPS) is 16.3. The van der Waals surface area contributed by atoms with Crippen LogP contribution in [0.4, 0.5) is 0 Å². The van der Waals surface area contributed by atoms with Crippen LogP contribution in [-0.4, -0.2) is 77.0 Å². The number of carbonyl (C=O) groups excluding carboxylic acids is 1. The van der Waals surface area contributed by atoms with Gasteiger partial charge in [0.2, 0.25) is 15.9 Å². The number of rotatable bonds is 9. The zero-order valence-corrected chi connectivity index (χ0v) is 18.4. The summed E-state index contributed by atoms with van der Waals surface area (Å²) >= 11 is 0. The maximum atomic E-state index is 12.6. The summed E-state index contributed by atoms with van der Waals surface area (Å²) in [7, 11) is -1.49. The third-order valence-corrected chi connectivity index (χ3v) is 6.85. The second-order valence-corrected chi connectivity index (χ2v) is 9.43. The number of hydrogen-bond acceptors (Lipinski definition) is 5. The van der Waals surface area contributed by atoms with Crippen molar-refractivity contribution in [3.8, 4) is 0 Å². The quantitative estimate of drug-likeness (QED) is 0.595. The number of likely N-dealkylation sites (N-methyl/N-ethyl adjacent to an activating group) is 1. The topological polar surface area (TPSA) is 81.7 Å². The van der Waals surface area contributed by atoms with Gasteiger partial charge in [0, 0.05) is 45.7 Å². The van der Waals surface area contributed by atoms with Crippen molar-refractivity contribution in [1.82, 2.24) is 19.8 Å². The number of hydrogen-bond donors (Lipinski definition) is 2. The van der Waals surface area contributed by atoms with Crippen LogP contribution in [-0.2, 0) is 14.8 Å². The van der Waals surface area contributed by atoms with Crippen LogP contribution in [0.3, 0.4) is 0 Å². The van der Waals surface area contributed by atoms with Gasteiger partial charge >= 0.3 is 0 Å². The summed E-state index contributed by atoms with van der Waals surface area (Å²) < 4.78 is 27.7. The molecule has 1 aromatic carbocycles. The highest BCUT2D eigenvalue weighted by Gasteiger charge is 2.19. The number of benzene rings is 1. The number of piperazine rings is 1. The van der Waals surface area contributed by atoms with E-state index in [9.17, 15) is 13.2 Å². The molecule has 1 aliphatic heterocycles. The van der Waals surface area contributed by atoms with Gasteiger partial charge in [-0.2, -0.15) is 0 Å². The zero-order chi connectivity index (χ0) is 20.7. The molecule has 2 rings (SSSR count). The maximum Gasteiger partial charge on any atom is 0.241 e. The Bertz CT molecular complexity index is 749. The van der Waals surface area contributed by atoms with E-state index in [4.69, 9.17) is 0 Å². The highest BCUT2D eigenvalue weighted by molar-refractivity contribution is 7.89. The first-order valence-electron chi connectivity index (χ1n) is 9.94. The van der Waals surface area contributed by atoms with E-state index < -0.39 is 10.0 Å². The van der Waals surface area contributed by atoms with Crippen LogP contribution in [0.1, 0.15) is 29.5 Å². The molecule has 28 heavy (non-hydrogen) atoms. The summed E-state index contributed by atoms with van der Waals surface area (Å²) in [4.78, 5) is 17.0. The molecule has 1 amide bonds. The lowest BCUT2D eigenvalue weighted by atomic mass is 10.1. The van der Waals surface area contributed by atoms with Crippen molar-refractivity contribution in [3.63, 3.8) is 0 Å². The fraction of sp³-hybridized carbons (Fsp3) is 0.650. The van der Waals surface area contributed by atoms with Crippen molar-refractivity contribution in [2.24, 2.45) is 0 Å². The van der Waals surface area contributed by atoms with Crippen molar-refractivity contribution >= 4 is 15.9 Å². The minimum absolute atomic E-state index is 0.0966. The Morgan fingerprint density at radius 3 is 2.25 bits per heavy atom. The van der Waals surface area contributed by atoms with Crippen LogP contribution in [0.15, 0.2) is 17.0 Å². The average molecular weight is 411 g/mol. The first-order valence-corrected chi connectivity index (χ1v) is 11.4. The second kappa shape index (κ2) is 10.3. The zero-order valence-electron chi connectivity index (χ0n) is 17.5. The Labute approximate surface area is 169 Å². The summed E-state index contributed by atoms with van der Waals surface area (Å²) in [6.07, 6.45) is 1.04. The summed E-state index contributed by atoms with van der Waals surface area (Å²) in [6.45, 7) is 11.5. The van der Waals surface area contributed by atoms with E-state index in [1.807, 2.05) is 19.1 Å². The third-order valence-electron chi connectivity index (χ3n) is 5.09. The Morgan fingerprint density at radius 2 is 1.64 bits per heavy atom. The first-order chi connectivity index (χ1) is 13.2. The molecule has 0 radical (unpaired) electrons. The van der Waals surface area contributed by atoms with Gasteiger partial charge in [0.1, 0.15) is 0 Å². The fourth-order valence-corrected chi connectivity index (χ4v) is 5.13. The van der Waals surface area contributed by atoms with Gasteiger partial charge in [-0.1, -0.05) is 17.7 Å². The van der Waals surface area contributed by atoms with Crippen LogP contribution >= 0.6 is 0 Å². The molecule has 8 heteroatoms. The van der Waals surface area contributed by atoms with Crippen molar-refractivity contribution in [3.05, 3.63) is 28.8 Å². The highest BCUT2D eigenvalue weighted by Crippen LogP contribution is 2.21. The van der Waals surface area contributed by atoms with E-state index >= 15 is 0 Å². The summed E-state index contributed by atoms with van der Waals surface area (Å²) in [5, 5.41) is 2.88. The predicted molar refractivity (Wildman–Crippen MR) is 112 cm³/mol. The smallest absolute Gasteiger partial charge is 0.241 e.